The van der Waals surface area contributed by atoms with Crippen LogP contribution in [-0.4, -0.2) is 13.4 Å². The Morgan fingerprint density at radius 3 is 2.50 bits per heavy atom. The highest BCUT2D eigenvalue weighted by atomic mass is 19.4. The van der Waals surface area contributed by atoms with Gasteiger partial charge in [-0.25, -0.2) is 0 Å². The lowest BCUT2D eigenvalue weighted by molar-refractivity contribution is -0.274. The van der Waals surface area contributed by atoms with Gasteiger partial charge in [0.15, 0.2) is 0 Å². The molecule has 2 atom stereocenters. The molecule has 5 heteroatoms. The van der Waals surface area contributed by atoms with Crippen molar-refractivity contribution < 1.29 is 17.9 Å². The molecule has 0 fully saturated rings. The summed E-state index contributed by atoms with van der Waals surface area (Å²) < 4.78 is 40.4. The Balaban J connectivity index is 2.93. The molecule has 0 saturated carbocycles. The second-order valence-electron chi connectivity index (χ2n) is 4.27. The SMILES string of the molecule is CCC(C)C(NC)c1cccc(OC(F)(F)F)c1. The number of nitrogens with one attached hydrogen (secondary N) is 1. The van der Waals surface area contributed by atoms with E-state index in [0.29, 0.717) is 5.92 Å². The van der Waals surface area contributed by atoms with Gasteiger partial charge >= 0.3 is 6.36 Å². The predicted octanol–water partition coefficient (Wildman–Crippen LogP) is 3.89. The molecule has 1 aromatic rings. The minimum absolute atomic E-state index is 0.0202. The van der Waals surface area contributed by atoms with Gasteiger partial charge in [-0.3, -0.25) is 0 Å². The van der Waals surface area contributed by atoms with Crippen LogP contribution in [0.3, 0.4) is 0 Å². The lowest BCUT2D eigenvalue weighted by atomic mass is 9.92. The normalized spacial score (nSPS) is 15.2. The molecule has 0 aliphatic rings. The lowest BCUT2D eigenvalue weighted by Gasteiger charge is -2.23. The highest BCUT2D eigenvalue weighted by Crippen LogP contribution is 2.29. The van der Waals surface area contributed by atoms with E-state index >= 15 is 0 Å². The van der Waals surface area contributed by atoms with E-state index in [1.165, 1.54) is 12.1 Å². The number of alkyl halides is 3. The highest BCUT2D eigenvalue weighted by molar-refractivity contribution is 5.31. The van der Waals surface area contributed by atoms with E-state index in [2.05, 4.69) is 17.0 Å². The van der Waals surface area contributed by atoms with Crippen LogP contribution < -0.4 is 10.1 Å². The van der Waals surface area contributed by atoms with Gasteiger partial charge in [0.1, 0.15) is 5.75 Å². The topological polar surface area (TPSA) is 21.3 Å². The molecular weight excluding hydrogens is 243 g/mol. The lowest BCUT2D eigenvalue weighted by Crippen LogP contribution is -2.23. The second-order valence-corrected chi connectivity index (χ2v) is 4.27. The molecule has 18 heavy (non-hydrogen) atoms. The Hall–Kier alpha value is -1.23. The molecule has 0 aliphatic carbocycles. The van der Waals surface area contributed by atoms with Crippen LogP contribution in [0.1, 0.15) is 31.9 Å². The first kappa shape index (κ1) is 14.8. The van der Waals surface area contributed by atoms with E-state index in [0.717, 1.165) is 12.0 Å². The van der Waals surface area contributed by atoms with Crippen molar-refractivity contribution in [2.75, 3.05) is 7.05 Å². The molecule has 2 unspecified atom stereocenters. The maximum Gasteiger partial charge on any atom is 0.573 e. The summed E-state index contributed by atoms with van der Waals surface area (Å²) >= 11 is 0. The van der Waals surface area contributed by atoms with E-state index in [4.69, 9.17) is 0 Å². The van der Waals surface area contributed by atoms with Gasteiger partial charge in [-0.2, -0.15) is 0 Å². The highest BCUT2D eigenvalue weighted by Gasteiger charge is 2.31. The van der Waals surface area contributed by atoms with Crippen molar-refractivity contribution in [1.29, 1.82) is 0 Å². The molecule has 0 saturated heterocycles. The zero-order chi connectivity index (χ0) is 13.8. The summed E-state index contributed by atoms with van der Waals surface area (Å²) in [5.41, 5.74) is 0.800. The van der Waals surface area contributed by atoms with Crippen molar-refractivity contribution in [2.24, 2.45) is 5.92 Å². The average molecular weight is 261 g/mol. The monoisotopic (exact) mass is 261 g/mol. The van der Waals surface area contributed by atoms with Gasteiger partial charge in [0.05, 0.1) is 0 Å². The predicted molar refractivity (Wildman–Crippen MR) is 64.4 cm³/mol. The van der Waals surface area contributed by atoms with Gasteiger partial charge in [-0.05, 0) is 30.7 Å². The fraction of sp³-hybridized carbons (Fsp3) is 0.538. The van der Waals surface area contributed by atoms with Crippen LogP contribution in [0.2, 0.25) is 0 Å². The van der Waals surface area contributed by atoms with E-state index < -0.39 is 6.36 Å². The zero-order valence-electron chi connectivity index (χ0n) is 10.7. The Morgan fingerprint density at radius 1 is 1.33 bits per heavy atom. The molecule has 0 bridgehead atoms. The third-order valence-corrected chi connectivity index (χ3v) is 2.97. The van der Waals surface area contributed by atoms with Crippen LogP contribution >= 0.6 is 0 Å². The van der Waals surface area contributed by atoms with Crippen LogP contribution in [0.15, 0.2) is 24.3 Å². The summed E-state index contributed by atoms with van der Waals surface area (Å²) in [4.78, 5) is 0. The first-order valence-corrected chi connectivity index (χ1v) is 5.90. The van der Waals surface area contributed by atoms with Gasteiger partial charge in [0, 0.05) is 6.04 Å². The molecule has 1 N–H and O–H groups in total. The molecule has 0 amide bonds. The molecule has 0 spiro atoms. The van der Waals surface area contributed by atoms with Crippen LogP contribution in [0, 0.1) is 5.92 Å². The van der Waals surface area contributed by atoms with E-state index in [1.807, 2.05) is 6.92 Å². The summed E-state index contributed by atoms with van der Waals surface area (Å²) in [6, 6.07) is 6.13. The summed E-state index contributed by atoms with van der Waals surface area (Å²) in [7, 11) is 1.80. The molecular formula is C13H18F3NO. The Bertz CT molecular complexity index is 379. The number of halogens is 3. The first-order chi connectivity index (χ1) is 8.37. The number of rotatable bonds is 5. The number of hydrogen-bond donors (Lipinski definition) is 1. The van der Waals surface area contributed by atoms with Gasteiger partial charge in [0.2, 0.25) is 0 Å². The molecule has 1 rings (SSSR count). The van der Waals surface area contributed by atoms with Crippen molar-refractivity contribution in [3.63, 3.8) is 0 Å². The first-order valence-electron chi connectivity index (χ1n) is 5.90. The maximum atomic E-state index is 12.1. The standard InChI is InChI=1S/C13H18F3NO/c1-4-9(2)12(17-3)10-6-5-7-11(8-10)18-13(14,15)16/h5-9,12,17H,4H2,1-3H3. The van der Waals surface area contributed by atoms with Crippen LogP contribution in [0.25, 0.3) is 0 Å². The molecule has 2 nitrogen and oxygen atoms in total. The second kappa shape index (κ2) is 6.09. The number of ether oxygens (including phenoxy) is 1. The van der Waals surface area contributed by atoms with E-state index in [1.54, 1.807) is 19.2 Å². The molecule has 0 aliphatic heterocycles. The molecule has 102 valence electrons. The average Bonchev–Trinajstić information content (AvgIpc) is 2.28. The third kappa shape index (κ3) is 4.22. The van der Waals surface area contributed by atoms with E-state index in [-0.39, 0.29) is 11.8 Å². The number of hydrogen-bond acceptors (Lipinski definition) is 2. The third-order valence-electron chi connectivity index (χ3n) is 2.97. The van der Waals surface area contributed by atoms with Gasteiger partial charge < -0.3 is 10.1 Å². The van der Waals surface area contributed by atoms with Crippen LogP contribution in [-0.2, 0) is 0 Å². The van der Waals surface area contributed by atoms with E-state index in [9.17, 15) is 13.2 Å². The van der Waals surface area contributed by atoms with Crippen LogP contribution in [0.4, 0.5) is 13.2 Å². The van der Waals surface area contributed by atoms with Gasteiger partial charge in [-0.15, -0.1) is 13.2 Å². The van der Waals surface area contributed by atoms with Crippen molar-refractivity contribution in [3.05, 3.63) is 29.8 Å². The Morgan fingerprint density at radius 2 is 2.00 bits per heavy atom. The van der Waals surface area contributed by atoms with Crippen molar-refractivity contribution >= 4 is 0 Å². The summed E-state index contributed by atoms with van der Waals surface area (Å²) in [6.45, 7) is 4.10. The fourth-order valence-electron chi connectivity index (χ4n) is 1.92. The largest absolute Gasteiger partial charge is 0.573 e. The molecule has 1 aromatic carbocycles. The molecule has 0 aromatic heterocycles. The molecule has 0 heterocycles. The Kier molecular flexibility index (Phi) is 5.02. The Labute approximate surface area is 105 Å². The number of benzene rings is 1. The fourth-order valence-corrected chi connectivity index (χ4v) is 1.92. The minimum Gasteiger partial charge on any atom is -0.406 e. The summed E-state index contributed by atoms with van der Waals surface area (Å²) in [6.07, 6.45) is -3.71. The summed E-state index contributed by atoms with van der Waals surface area (Å²) in [5.74, 6) is 0.152. The van der Waals surface area contributed by atoms with Gasteiger partial charge in [-0.1, -0.05) is 32.4 Å². The smallest absolute Gasteiger partial charge is 0.406 e. The zero-order valence-corrected chi connectivity index (χ0v) is 10.7. The van der Waals surface area contributed by atoms with Crippen molar-refractivity contribution in [1.82, 2.24) is 5.32 Å². The van der Waals surface area contributed by atoms with Crippen molar-refractivity contribution in [3.8, 4) is 5.75 Å². The summed E-state index contributed by atoms with van der Waals surface area (Å²) in [5, 5.41) is 3.12. The molecule has 0 radical (unpaired) electrons. The quantitative estimate of drug-likeness (QED) is 0.868. The minimum atomic E-state index is -4.65. The maximum absolute atomic E-state index is 12.1. The van der Waals surface area contributed by atoms with Crippen molar-refractivity contribution in [2.45, 2.75) is 32.7 Å². The van der Waals surface area contributed by atoms with Gasteiger partial charge in [0.25, 0.3) is 0 Å². The van der Waals surface area contributed by atoms with Crippen LogP contribution in [0.5, 0.6) is 5.75 Å².